The molecule has 2 N–H and O–H groups in total. The van der Waals surface area contributed by atoms with Gasteiger partial charge in [-0.25, -0.2) is 13.1 Å². The summed E-state index contributed by atoms with van der Waals surface area (Å²) in [5, 5.41) is 2.87. The molecule has 1 aliphatic rings. The van der Waals surface area contributed by atoms with Crippen molar-refractivity contribution in [1.82, 2.24) is 10.0 Å². The van der Waals surface area contributed by atoms with Gasteiger partial charge in [-0.3, -0.25) is 0 Å². The standard InChI is InChI=1S/C9H20N2O2S/c1-8(2)6-11-14(12,13)9-4-3-5-10-7-9/h8-11H,3-7H2,1-2H3. The molecule has 14 heavy (non-hydrogen) atoms. The van der Waals surface area contributed by atoms with Gasteiger partial charge in [0.1, 0.15) is 0 Å². The van der Waals surface area contributed by atoms with Gasteiger partial charge in [0.25, 0.3) is 0 Å². The molecule has 1 unspecified atom stereocenters. The molecule has 5 heteroatoms. The van der Waals surface area contributed by atoms with Gasteiger partial charge in [-0.15, -0.1) is 0 Å². The Morgan fingerprint density at radius 2 is 2.21 bits per heavy atom. The van der Waals surface area contributed by atoms with Crippen molar-refractivity contribution in [3.05, 3.63) is 0 Å². The van der Waals surface area contributed by atoms with Crippen molar-refractivity contribution in [2.45, 2.75) is 31.9 Å². The molecule has 1 atom stereocenters. The molecule has 4 nitrogen and oxygen atoms in total. The highest BCUT2D eigenvalue weighted by atomic mass is 32.2. The molecule has 84 valence electrons. The van der Waals surface area contributed by atoms with Crippen molar-refractivity contribution in [3.63, 3.8) is 0 Å². The predicted molar refractivity (Wildman–Crippen MR) is 57.7 cm³/mol. The molecule has 0 amide bonds. The Morgan fingerprint density at radius 1 is 1.50 bits per heavy atom. The van der Waals surface area contributed by atoms with Crippen molar-refractivity contribution in [3.8, 4) is 0 Å². The monoisotopic (exact) mass is 220 g/mol. The van der Waals surface area contributed by atoms with Crippen LogP contribution in [0.15, 0.2) is 0 Å². The zero-order chi connectivity index (χ0) is 10.6. The maximum absolute atomic E-state index is 11.7. The van der Waals surface area contributed by atoms with E-state index in [0.29, 0.717) is 19.0 Å². The zero-order valence-electron chi connectivity index (χ0n) is 8.91. The summed E-state index contributed by atoms with van der Waals surface area (Å²) in [7, 11) is -3.09. The minimum absolute atomic E-state index is 0.241. The Hall–Kier alpha value is -0.130. The van der Waals surface area contributed by atoms with E-state index in [9.17, 15) is 8.42 Å². The minimum atomic E-state index is -3.09. The van der Waals surface area contributed by atoms with E-state index in [0.717, 1.165) is 19.4 Å². The first-order valence-electron chi connectivity index (χ1n) is 5.21. The van der Waals surface area contributed by atoms with E-state index in [4.69, 9.17) is 0 Å². The second kappa shape index (κ2) is 5.09. The largest absolute Gasteiger partial charge is 0.315 e. The molecule has 0 aliphatic carbocycles. The molecule has 0 spiro atoms. The van der Waals surface area contributed by atoms with Gasteiger partial charge in [-0.1, -0.05) is 13.8 Å². The smallest absolute Gasteiger partial charge is 0.215 e. The lowest BCUT2D eigenvalue weighted by Crippen LogP contribution is -2.45. The number of hydrogen-bond acceptors (Lipinski definition) is 3. The topological polar surface area (TPSA) is 58.2 Å². The van der Waals surface area contributed by atoms with Gasteiger partial charge in [-0.2, -0.15) is 0 Å². The normalized spacial score (nSPS) is 24.1. The van der Waals surface area contributed by atoms with Crippen LogP contribution in [0.25, 0.3) is 0 Å². The Balaban J connectivity index is 2.46. The van der Waals surface area contributed by atoms with E-state index in [2.05, 4.69) is 10.0 Å². The summed E-state index contributed by atoms with van der Waals surface area (Å²) < 4.78 is 26.1. The van der Waals surface area contributed by atoms with E-state index in [1.54, 1.807) is 0 Å². The maximum Gasteiger partial charge on any atom is 0.215 e. The second-order valence-electron chi connectivity index (χ2n) is 4.26. The lowest BCUT2D eigenvalue weighted by molar-refractivity contribution is 0.485. The Labute approximate surface area is 86.5 Å². The highest BCUT2D eigenvalue weighted by Gasteiger charge is 2.26. The van der Waals surface area contributed by atoms with Gasteiger partial charge in [0.2, 0.25) is 10.0 Å². The molecule has 0 aromatic carbocycles. The quantitative estimate of drug-likeness (QED) is 0.717. The summed E-state index contributed by atoms with van der Waals surface area (Å²) in [6, 6.07) is 0. The minimum Gasteiger partial charge on any atom is -0.315 e. The van der Waals surface area contributed by atoms with Crippen LogP contribution in [0.3, 0.4) is 0 Å². The number of nitrogens with one attached hydrogen (secondary N) is 2. The van der Waals surface area contributed by atoms with Gasteiger partial charge in [-0.05, 0) is 25.3 Å². The van der Waals surface area contributed by atoms with Crippen LogP contribution in [0.4, 0.5) is 0 Å². The van der Waals surface area contributed by atoms with Crippen molar-refractivity contribution in [2.75, 3.05) is 19.6 Å². The first-order chi connectivity index (χ1) is 6.52. The molecule has 0 aromatic heterocycles. The molecule has 0 saturated carbocycles. The summed E-state index contributed by atoms with van der Waals surface area (Å²) in [6.45, 7) is 6.08. The van der Waals surface area contributed by atoms with E-state index >= 15 is 0 Å². The molecule has 1 heterocycles. The average Bonchev–Trinajstić information content (AvgIpc) is 2.16. The SMILES string of the molecule is CC(C)CNS(=O)(=O)C1CCCNC1. The Morgan fingerprint density at radius 3 is 2.71 bits per heavy atom. The first kappa shape index (κ1) is 11.9. The lowest BCUT2D eigenvalue weighted by atomic mass is 10.2. The Kier molecular flexibility index (Phi) is 4.34. The summed E-state index contributed by atoms with van der Waals surface area (Å²) in [5.74, 6) is 0.362. The fourth-order valence-corrected chi connectivity index (χ4v) is 3.10. The van der Waals surface area contributed by atoms with Crippen molar-refractivity contribution < 1.29 is 8.42 Å². The molecular weight excluding hydrogens is 200 g/mol. The van der Waals surface area contributed by atoms with Crippen LogP contribution in [0.2, 0.25) is 0 Å². The van der Waals surface area contributed by atoms with Crippen LogP contribution < -0.4 is 10.0 Å². The third kappa shape index (κ3) is 3.55. The summed E-state index contributed by atoms with van der Waals surface area (Å²) in [5.41, 5.74) is 0. The molecular formula is C9H20N2O2S. The van der Waals surface area contributed by atoms with Crippen LogP contribution in [-0.4, -0.2) is 33.3 Å². The third-order valence-electron chi connectivity index (χ3n) is 2.38. The highest BCUT2D eigenvalue weighted by Crippen LogP contribution is 2.10. The summed E-state index contributed by atoms with van der Waals surface area (Å²) >= 11 is 0. The summed E-state index contributed by atoms with van der Waals surface area (Å²) in [4.78, 5) is 0. The highest BCUT2D eigenvalue weighted by molar-refractivity contribution is 7.90. The molecule has 1 fully saturated rings. The molecule has 1 aliphatic heterocycles. The van der Waals surface area contributed by atoms with Gasteiger partial charge in [0.05, 0.1) is 5.25 Å². The third-order valence-corrected chi connectivity index (χ3v) is 4.23. The Bertz CT molecular complexity index is 256. The van der Waals surface area contributed by atoms with Crippen LogP contribution in [0, 0.1) is 5.92 Å². The van der Waals surface area contributed by atoms with E-state index in [-0.39, 0.29) is 5.25 Å². The first-order valence-corrected chi connectivity index (χ1v) is 6.76. The predicted octanol–water partition coefficient (Wildman–Crippen LogP) is 0.314. The van der Waals surface area contributed by atoms with Gasteiger partial charge < -0.3 is 5.32 Å². The van der Waals surface area contributed by atoms with Crippen LogP contribution in [0.1, 0.15) is 26.7 Å². The van der Waals surface area contributed by atoms with Crippen LogP contribution in [0.5, 0.6) is 0 Å². The number of sulfonamides is 1. The van der Waals surface area contributed by atoms with E-state index in [1.165, 1.54) is 0 Å². The lowest BCUT2D eigenvalue weighted by Gasteiger charge is -2.23. The number of hydrogen-bond donors (Lipinski definition) is 2. The molecule has 0 bridgehead atoms. The number of piperidine rings is 1. The zero-order valence-corrected chi connectivity index (χ0v) is 9.73. The molecule has 1 rings (SSSR count). The van der Waals surface area contributed by atoms with E-state index < -0.39 is 10.0 Å². The average molecular weight is 220 g/mol. The molecule has 1 saturated heterocycles. The van der Waals surface area contributed by atoms with Crippen molar-refractivity contribution in [2.24, 2.45) is 5.92 Å². The van der Waals surface area contributed by atoms with Gasteiger partial charge in [0.15, 0.2) is 0 Å². The fourth-order valence-electron chi connectivity index (χ4n) is 1.49. The maximum atomic E-state index is 11.7. The summed E-state index contributed by atoms with van der Waals surface area (Å²) in [6.07, 6.45) is 1.73. The van der Waals surface area contributed by atoms with Crippen LogP contribution in [-0.2, 0) is 10.0 Å². The van der Waals surface area contributed by atoms with Gasteiger partial charge in [0, 0.05) is 13.1 Å². The van der Waals surface area contributed by atoms with E-state index in [1.807, 2.05) is 13.8 Å². The van der Waals surface area contributed by atoms with Crippen molar-refractivity contribution >= 4 is 10.0 Å². The van der Waals surface area contributed by atoms with Gasteiger partial charge >= 0.3 is 0 Å². The van der Waals surface area contributed by atoms with Crippen molar-refractivity contribution in [1.29, 1.82) is 0 Å². The number of rotatable bonds is 4. The second-order valence-corrected chi connectivity index (χ2v) is 6.30. The fraction of sp³-hybridized carbons (Fsp3) is 1.00. The molecule has 0 radical (unpaired) electrons. The van der Waals surface area contributed by atoms with Crippen LogP contribution >= 0.6 is 0 Å². The molecule has 0 aromatic rings.